The van der Waals surface area contributed by atoms with Crippen LogP contribution in [0.1, 0.15) is 38.2 Å². The fraction of sp³-hybridized carbons (Fsp3) is 0.600. The van der Waals surface area contributed by atoms with Crippen LogP contribution < -0.4 is 0 Å². The molecule has 21 heavy (non-hydrogen) atoms. The van der Waals surface area contributed by atoms with Crippen molar-refractivity contribution in [1.82, 2.24) is 4.31 Å². The lowest BCUT2D eigenvalue weighted by Crippen LogP contribution is -2.38. The van der Waals surface area contributed by atoms with Crippen molar-refractivity contribution in [3.8, 4) is 0 Å². The van der Waals surface area contributed by atoms with Crippen LogP contribution in [0.4, 0.5) is 4.39 Å². The molecule has 4 nitrogen and oxygen atoms in total. The summed E-state index contributed by atoms with van der Waals surface area (Å²) in [6.45, 7) is 2.73. The molecule has 0 aliphatic carbocycles. The van der Waals surface area contributed by atoms with Gasteiger partial charge in [0.15, 0.2) is 0 Å². The van der Waals surface area contributed by atoms with Crippen molar-refractivity contribution in [2.75, 3.05) is 13.1 Å². The minimum absolute atomic E-state index is 0.298. The second-order valence-corrected chi connectivity index (χ2v) is 7.47. The number of aliphatic hydroxyl groups excluding tert-OH is 1. The highest BCUT2D eigenvalue weighted by Gasteiger charge is 2.31. The molecule has 1 aromatic rings. The molecule has 1 saturated heterocycles. The number of nitrogens with zero attached hydrogens (tertiary/aromatic N) is 1. The second kappa shape index (κ2) is 6.85. The van der Waals surface area contributed by atoms with Gasteiger partial charge in [0, 0.05) is 13.1 Å². The van der Waals surface area contributed by atoms with E-state index in [1.54, 1.807) is 0 Å². The lowest BCUT2D eigenvalue weighted by atomic mass is 9.94. The van der Waals surface area contributed by atoms with Gasteiger partial charge in [-0.3, -0.25) is 0 Å². The van der Waals surface area contributed by atoms with E-state index in [1.807, 2.05) is 0 Å². The first-order valence-electron chi connectivity index (χ1n) is 7.38. The Labute approximate surface area is 125 Å². The predicted molar refractivity (Wildman–Crippen MR) is 78.7 cm³/mol. The van der Waals surface area contributed by atoms with Crippen molar-refractivity contribution < 1.29 is 17.9 Å². The first-order valence-corrected chi connectivity index (χ1v) is 8.82. The minimum atomic E-state index is -3.78. The highest BCUT2D eigenvalue weighted by atomic mass is 32.2. The summed E-state index contributed by atoms with van der Waals surface area (Å²) in [5.74, 6) is -0.222. The van der Waals surface area contributed by atoms with Crippen LogP contribution in [0.5, 0.6) is 0 Å². The van der Waals surface area contributed by atoms with Gasteiger partial charge in [-0.1, -0.05) is 25.8 Å². The summed E-state index contributed by atoms with van der Waals surface area (Å²) in [7, 11) is -3.78. The lowest BCUT2D eigenvalue weighted by Gasteiger charge is -2.31. The molecule has 1 fully saturated rings. The first kappa shape index (κ1) is 16.4. The van der Waals surface area contributed by atoms with E-state index in [0.29, 0.717) is 24.6 Å². The Morgan fingerprint density at radius 1 is 1.33 bits per heavy atom. The summed E-state index contributed by atoms with van der Waals surface area (Å²) in [4.78, 5) is -0.298. The third kappa shape index (κ3) is 3.62. The maximum absolute atomic E-state index is 14.0. The highest BCUT2D eigenvalue weighted by molar-refractivity contribution is 7.89. The molecule has 0 atom stereocenters. The standard InChI is InChI=1S/C15H22FNO3S/c1-2-3-12-6-8-17(9-7-12)21(19,20)15-5-4-13(11-18)10-14(15)16/h4-5,10,12,18H,2-3,6-9,11H2,1H3. The van der Waals surface area contributed by atoms with Gasteiger partial charge in [0.2, 0.25) is 10.0 Å². The van der Waals surface area contributed by atoms with E-state index < -0.39 is 15.8 Å². The van der Waals surface area contributed by atoms with Gasteiger partial charge in [-0.05, 0) is 36.5 Å². The van der Waals surface area contributed by atoms with Crippen molar-refractivity contribution in [1.29, 1.82) is 0 Å². The number of benzene rings is 1. The van der Waals surface area contributed by atoms with E-state index in [9.17, 15) is 12.8 Å². The molecule has 0 bridgehead atoms. The quantitative estimate of drug-likeness (QED) is 0.908. The Morgan fingerprint density at radius 3 is 2.52 bits per heavy atom. The van der Waals surface area contributed by atoms with Gasteiger partial charge in [0.1, 0.15) is 10.7 Å². The van der Waals surface area contributed by atoms with Crippen LogP contribution >= 0.6 is 0 Å². The van der Waals surface area contributed by atoms with Gasteiger partial charge in [-0.15, -0.1) is 0 Å². The molecule has 1 aliphatic rings. The largest absolute Gasteiger partial charge is 0.392 e. The summed E-state index contributed by atoms with van der Waals surface area (Å²) in [5, 5.41) is 8.96. The van der Waals surface area contributed by atoms with Gasteiger partial charge in [0.05, 0.1) is 6.61 Å². The molecule has 0 radical (unpaired) electrons. The number of rotatable bonds is 5. The molecule has 2 rings (SSSR count). The zero-order chi connectivity index (χ0) is 15.5. The van der Waals surface area contributed by atoms with Crippen LogP contribution in [0.15, 0.2) is 23.1 Å². The summed E-state index contributed by atoms with van der Waals surface area (Å²) in [6.07, 6.45) is 3.90. The van der Waals surface area contributed by atoms with Crippen molar-refractivity contribution in [3.05, 3.63) is 29.6 Å². The van der Waals surface area contributed by atoms with Crippen LogP contribution in [0, 0.1) is 11.7 Å². The van der Waals surface area contributed by atoms with E-state index in [-0.39, 0.29) is 11.5 Å². The summed E-state index contributed by atoms with van der Waals surface area (Å²) < 4.78 is 40.3. The smallest absolute Gasteiger partial charge is 0.245 e. The third-order valence-electron chi connectivity index (χ3n) is 4.07. The molecule has 6 heteroatoms. The van der Waals surface area contributed by atoms with Crippen LogP contribution in [0.2, 0.25) is 0 Å². The fourth-order valence-corrected chi connectivity index (χ4v) is 4.35. The molecule has 0 spiro atoms. The molecule has 1 aromatic carbocycles. The third-order valence-corrected chi connectivity index (χ3v) is 6.00. The summed E-state index contributed by atoms with van der Waals surface area (Å²) in [5.41, 5.74) is 0.369. The molecule has 0 aromatic heterocycles. The van der Waals surface area contributed by atoms with Gasteiger partial charge in [-0.25, -0.2) is 12.8 Å². The van der Waals surface area contributed by atoms with E-state index in [4.69, 9.17) is 5.11 Å². The van der Waals surface area contributed by atoms with E-state index >= 15 is 0 Å². The average Bonchev–Trinajstić information content (AvgIpc) is 2.47. The molecule has 118 valence electrons. The van der Waals surface area contributed by atoms with Gasteiger partial charge in [-0.2, -0.15) is 4.31 Å². The van der Waals surface area contributed by atoms with Crippen molar-refractivity contribution in [3.63, 3.8) is 0 Å². The van der Waals surface area contributed by atoms with Crippen molar-refractivity contribution >= 4 is 10.0 Å². The fourth-order valence-electron chi connectivity index (χ4n) is 2.84. The molecular formula is C15H22FNO3S. The predicted octanol–water partition coefficient (Wildman–Crippen LogP) is 2.52. The number of aliphatic hydroxyl groups is 1. The summed E-state index contributed by atoms with van der Waals surface area (Å²) >= 11 is 0. The topological polar surface area (TPSA) is 57.6 Å². The second-order valence-electron chi connectivity index (χ2n) is 5.56. The zero-order valence-corrected chi connectivity index (χ0v) is 13.1. The SMILES string of the molecule is CCCC1CCN(S(=O)(=O)c2ccc(CO)cc2F)CC1. The zero-order valence-electron chi connectivity index (χ0n) is 12.3. The summed E-state index contributed by atoms with van der Waals surface area (Å²) in [6, 6.07) is 3.77. The van der Waals surface area contributed by atoms with E-state index in [0.717, 1.165) is 31.7 Å². The van der Waals surface area contributed by atoms with Crippen molar-refractivity contribution in [2.45, 2.75) is 44.1 Å². The van der Waals surface area contributed by atoms with Crippen molar-refractivity contribution in [2.24, 2.45) is 5.92 Å². The molecule has 0 amide bonds. The molecule has 0 unspecified atom stereocenters. The maximum atomic E-state index is 14.0. The Bertz CT molecular complexity index is 581. The molecule has 1 aliphatic heterocycles. The Balaban J connectivity index is 2.16. The number of hydrogen-bond donors (Lipinski definition) is 1. The average molecular weight is 315 g/mol. The Kier molecular flexibility index (Phi) is 5.35. The lowest BCUT2D eigenvalue weighted by molar-refractivity contribution is 0.261. The minimum Gasteiger partial charge on any atom is -0.392 e. The normalized spacial score (nSPS) is 18.0. The highest BCUT2D eigenvalue weighted by Crippen LogP contribution is 2.27. The monoisotopic (exact) mass is 315 g/mol. The number of halogens is 1. The van der Waals surface area contributed by atoms with E-state index in [1.165, 1.54) is 16.4 Å². The Hall–Kier alpha value is -0.980. The van der Waals surface area contributed by atoms with Crippen LogP contribution in [-0.2, 0) is 16.6 Å². The van der Waals surface area contributed by atoms with Gasteiger partial charge >= 0.3 is 0 Å². The number of piperidine rings is 1. The molecule has 1 heterocycles. The Morgan fingerprint density at radius 2 is 2.00 bits per heavy atom. The van der Waals surface area contributed by atoms with Crippen LogP contribution in [0.3, 0.4) is 0 Å². The first-order chi connectivity index (χ1) is 9.98. The molecular weight excluding hydrogens is 293 g/mol. The van der Waals surface area contributed by atoms with E-state index in [2.05, 4.69) is 6.92 Å². The number of hydrogen-bond acceptors (Lipinski definition) is 3. The van der Waals surface area contributed by atoms with Gasteiger partial charge in [0.25, 0.3) is 0 Å². The van der Waals surface area contributed by atoms with Crippen LogP contribution in [0.25, 0.3) is 0 Å². The van der Waals surface area contributed by atoms with Gasteiger partial charge < -0.3 is 5.11 Å². The molecule has 1 N–H and O–H groups in total. The number of sulfonamides is 1. The molecule has 0 saturated carbocycles. The van der Waals surface area contributed by atoms with Crippen LogP contribution in [-0.4, -0.2) is 30.9 Å². The maximum Gasteiger partial charge on any atom is 0.245 e.